The van der Waals surface area contributed by atoms with Crippen LogP contribution in [0.3, 0.4) is 0 Å². The smallest absolute Gasteiger partial charge is 0.162 e. The molecule has 0 spiro atoms. The molecule has 2 rings (SSSR count). The predicted octanol–water partition coefficient (Wildman–Crippen LogP) is 2.70. The lowest BCUT2D eigenvalue weighted by atomic mass is 10.1. The quantitative estimate of drug-likeness (QED) is 0.797. The van der Waals surface area contributed by atoms with Crippen LogP contribution in [-0.4, -0.2) is 20.5 Å². The predicted molar refractivity (Wildman–Crippen MR) is 67.7 cm³/mol. The third-order valence-electron chi connectivity index (χ3n) is 2.42. The molecule has 0 saturated heterocycles. The van der Waals surface area contributed by atoms with Gasteiger partial charge in [-0.3, -0.25) is 9.48 Å². The van der Waals surface area contributed by atoms with E-state index >= 15 is 0 Å². The molecule has 0 atom stereocenters. The largest absolute Gasteiger partial charge is 0.294 e. The summed E-state index contributed by atoms with van der Waals surface area (Å²) in [5.41, 5.74) is 0.756. The Morgan fingerprint density at radius 2 is 2.06 bits per heavy atom. The normalized spacial score (nSPS) is 10.4. The van der Waals surface area contributed by atoms with E-state index in [1.165, 1.54) is 6.33 Å². The van der Waals surface area contributed by atoms with Gasteiger partial charge in [0.15, 0.2) is 5.78 Å². The number of rotatable bonds is 5. The van der Waals surface area contributed by atoms with Crippen molar-refractivity contribution in [1.82, 2.24) is 14.8 Å². The van der Waals surface area contributed by atoms with Gasteiger partial charge in [0.2, 0.25) is 0 Å². The van der Waals surface area contributed by atoms with Crippen LogP contribution >= 0.6 is 15.9 Å². The Labute approximate surface area is 108 Å². The summed E-state index contributed by atoms with van der Waals surface area (Å²) in [7, 11) is 0. The molecule has 0 radical (unpaired) electrons. The standard InChI is InChI=1S/C12H12BrN3O/c13-11-5-3-10(4-6-11)12(17)2-1-7-16-9-14-8-15-16/h3-6,8-9H,1-2,7H2. The highest BCUT2D eigenvalue weighted by molar-refractivity contribution is 9.10. The van der Waals surface area contributed by atoms with Crippen molar-refractivity contribution in [2.45, 2.75) is 19.4 Å². The second kappa shape index (κ2) is 5.72. The maximum Gasteiger partial charge on any atom is 0.162 e. The van der Waals surface area contributed by atoms with E-state index in [-0.39, 0.29) is 5.78 Å². The Morgan fingerprint density at radius 3 is 2.71 bits per heavy atom. The van der Waals surface area contributed by atoms with Gasteiger partial charge in [0.25, 0.3) is 0 Å². The number of carbonyl (C=O) groups is 1. The van der Waals surface area contributed by atoms with Crippen LogP contribution in [-0.2, 0) is 6.54 Å². The maximum absolute atomic E-state index is 11.8. The summed E-state index contributed by atoms with van der Waals surface area (Å²) >= 11 is 3.34. The number of ketones is 1. The first-order chi connectivity index (χ1) is 8.25. The lowest BCUT2D eigenvalue weighted by Gasteiger charge is -2.01. The van der Waals surface area contributed by atoms with Crippen LogP contribution in [0.4, 0.5) is 0 Å². The molecule has 1 aromatic heterocycles. The molecule has 0 aliphatic carbocycles. The van der Waals surface area contributed by atoms with Crippen molar-refractivity contribution >= 4 is 21.7 Å². The fourth-order valence-corrected chi connectivity index (χ4v) is 1.79. The van der Waals surface area contributed by atoms with Crippen molar-refractivity contribution in [3.63, 3.8) is 0 Å². The molecule has 4 nitrogen and oxygen atoms in total. The van der Waals surface area contributed by atoms with Gasteiger partial charge in [-0.25, -0.2) is 4.98 Å². The zero-order valence-corrected chi connectivity index (χ0v) is 10.8. The molecule has 88 valence electrons. The molecule has 17 heavy (non-hydrogen) atoms. The Kier molecular flexibility index (Phi) is 4.03. The van der Waals surface area contributed by atoms with Crippen LogP contribution < -0.4 is 0 Å². The van der Waals surface area contributed by atoms with Crippen molar-refractivity contribution in [1.29, 1.82) is 0 Å². The third kappa shape index (κ3) is 3.49. The highest BCUT2D eigenvalue weighted by Gasteiger charge is 2.05. The number of aromatic nitrogens is 3. The zero-order chi connectivity index (χ0) is 12.1. The number of halogens is 1. The minimum Gasteiger partial charge on any atom is -0.294 e. The minimum absolute atomic E-state index is 0.164. The van der Waals surface area contributed by atoms with Gasteiger partial charge in [-0.2, -0.15) is 5.10 Å². The lowest BCUT2D eigenvalue weighted by molar-refractivity contribution is 0.0978. The summed E-state index contributed by atoms with van der Waals surface area (Å²) in [5, 5.41) is 3.99. The van der Waals surface area contributed by atoms with E-state index in [1.807, 2.05) is 24.3 Å². The van der Waals surface area contributed by atoms with Crippen LogP contribution in [0.1, 0.15) is 23.2 Å². The SMILES string of the molecule is O=C(CCCn1cncn1)c1ccc(Br)cc1. The molecule has 0 aliphatic rings. The minimum atomic E-state index is 0.164. The molecule has 1 heterocycles. The average molecular weight is 294 g/mol. The number of nitrogens with zero attached hydrogens (tertiary/aromatic N) is 3. The van der Waals surface area contributed by atoms with E-state index < -0.39 is 0 Å². The number of hydrogen-bond donors (Lipinski definition) is 0. The molecule has 0 unspecified atom stereocenters. The Bertz CT molecular complexity index is 479. The summed E-state index contributed by atoms with van der Waals surface area (Å²) in [5.74, 6) is 0.164. The summed E-state index contributed by atoms with van der Waals surface area (Å²) in [6.45, 7) is 0.724. The zero-order valence-electron chi connectivity index (χ0n) is 9.21. The van der Waals surface area contributed by atoms with E-state index in [9.17, 15) is 4.79 Å². The summed E-state index contributed by atoms with van der Waals surface area (Å²) in [4.78, 5) is 15.7. The molecule has 2 aromatic rings. The third-order valence-corrected chi connectivity index (χ3v) is 2.95. The van der Waals surface area contributed by atoms with Crippen LogP contribution in [0.5, 0.6) is 0 Å². The van der Waals surface area contributed by atoms with Gasteiger partial charge in [-0.15, -0.1) is 0 Å². The van der Waals surface area contributed by atoms with Crippen molar-refractivity contribution in [3.8, 4) is 0 Å². The van der Waals surface area contributed by atoms with Gasteiger partial charge in [0.1, 0.15) is 12.7 Å². The second-order valence-corrected chi connectivity index (χ2v) is 4.61. The molecule has 0 amide bonds. The van der Waals surface area contributed by atoms with Gasteiger partial charge in [0.05, 0.1) is 0 Å². The molecule has 1 aromatic carbocycles. The van der Waals surface area contributed by atoms with Crippen LogP contribution in [0.15, 0.2) is 41.4 Å². The molecule has 0 fully saturated rings. The van der Waals surface area contributed by atoms with Gasteiger partial charge < -0.3 is 0 Å². The van der Waals surface area contributed by atoms with E-state index in [1.54, 1.807) is 11.0 Å². The fourth-order valence-electron chi connectivity index (χ4n) is 1.53. The van der Waals surface area contributed by atoms with Crippen molar-refractivity contribution < 1.29 is 4.79 Å². The summed E-state index contributed by atoms with van der Waals surface area (Å²) in [6, 6.07) is 7.43. The molecule has 5 heteroatoms. The Hall–Kier alpha value is -1.49. The van der Waals surface area contributed by atoms with E-state index in [2.05, 4.69) is 26.0 Å². The number of hydrogen-bond acceptors (Lipinski definition) is 3. The Balaban J connectivity index is 1.83. The first kappa shape index (κ1) is 12.0. The molecular formula is C12H12BrN3O. The van der Waals surface area contributed by atoms with Crippen molar-refractivity contribution in [2.24, 2.45) is 0 Å². The van der Waals surface area contributed by atoms with Gasteiger partial charge in [-0.05, 0) is 18.6 Å². The molecule has 0 aliphatic heterocycles. The van der Waals surface area contributed by atoms with Crippen LogP contribution in [0.25, 0.3) is 0 Å². The van der Waals surface area contributed by atoms with Crippen molar-refractivity contribution in [2.75, 3.05) is 0 Å². The molecular weight excluding hydrogens is 282 g/mol. The summed E-state index contributed by atoms with van der Waals surface area (Å²) < 4.78 is 2.71. The number of Topliss-reactive ketones (excluding diaryl/α,β-unsaturated/α-hetero) is 1. The number of benzene rings is 1. The van der Waals surface area contributed by atoms with Crippen LogP contribution in [0.2, 0.25) is 0 Å². The topological polar surface area (TPSA) is 47.8 Å². The average Bonchev–Trinajstić information content (AvgIpc) is 2.83. The molecule has 0 saturated carbocycles. The fraction of sp³-hybridized carbons (Fsp3) is 0.250. The van der Waals surface area contributed by atoms with E-state index in [0.29, 0.717) is 6.42 Å². The maximum atomic E-state index is 11.8. The molecule has 0 N–H and O–H groups in total. The highest BCUT2D eigenvalue weighted by atomic mass is 79.9. The van der Waals surface area contributed by atoms with Gasteiger partial charge in [-0.1, -0.05) is 28.1 Å². The molecule has 0 bridgehead atoms. The van der Waals surface area contributed by atoms with Gasteiger partial charge in [0, 0.05) is 23.0 Å². The number of aryl methyl sites for hydroxylation is 1. The lowest BCUT2D eigenvalue weighted by Crippen LogP contribution is -2.03. The monoisotopic (exact) mass is 293 g/mol. The Morgan fingerprint density at radius 1 is 1.29 bits per heavy atom. The first-order valence-corrected chi connectivity index (χ1v) is 6.16. The summed E-state index contributed by atoms with van der Waals surface area (Å²) in [6.07, 6.45) is 4.46. The highest BCUT2D eigenvalue weighted by Crippen LogP contribution is 2.12. The van der Waals surface area contributed by atoms with E-state index in [4.69, 9.17) is 0 Å². The first-order valence-electron chi connectivity index (χ1n) is 5.37. The van der Waals surface area contributed by atoms with Crippen molar-refractivity contribution in [3.05, 3.63) is 47.0 Å². The number of carbonyl (C=O) groups excluding carboxylic acids is 1. The van der Waals surface area contributed by atoms with Crippen LogP contribution in [0, 0.1) is 0 Å². The second-order valence-electron chi connectivity index (χ2n) is 3.69. The van der Waals surface area contributed by atoms with E-state index in [0.717, 1.165) is 23.0 Å². The van der Waals surface area contributed by atoms with Gasteiger partial charge >= 0.3 is 0 Å².